The molecule has 9 heteroatoms. The molecule has 230 valence electrons. The average molecular weight is 632 g/mol. The molecule has 0 radical (unpaired) electrons. The summed E-state index contributed by atoms with van der Waals surface area (Å²) >= 11 is 6.13. The molecule has 0 aliphatic rings. The van der Waals surface area contributed by atoms with Crippen molar-refractivity contribution in [2.45, 2.75) is 51.1 Å². The Bertz CT molecular complexity index is 1660. The van der Waals surface area contributed by atoms with E-state index in [-0.39, 0.29) is 29.5 Å². The zero-order valence-corrected chi connectivity index (χ0v) is 26.8. The lowest BCUT2D eigenvalue weighted by Crippen LogP contribution is -2.53. The van der Waals surface area contributed by atoms with Gasteiger partial charge in [0.25, 0.3) is 10.0 Å². The standard InChI is InChI=1S/C35H38ClN3O4S/c1-4-21-37-35(41)33(23-28-10-6-5-7-11-28)38(24-29-12-8-9-27(3)22-29)34(40)25-39(31-17-15-30(36)16-18-31)44(42,43)32-19-13-26(2)14-20-32/h5-20,22,33H,4,21,23-25H2,1-3H3,(H,37,41). The van der Waals surface area contributed by atoms with Crippen molar-refractivity contribution < 1.29 is 18.0 Å². The first-order chi connectivity index (χ1) is 21.1. The molecule has 44 heavy (non-hydrogen) atoms. The fraction of sp³-hybridized carbons (Fsp3) is 0.257. The van der Waals surface area contributed by atoms with Crippen LogP contribution in [0.25, 0.3) is 0 Å². The van der Waals surface area contributed by atoms with Crippen LogP contribution in [0.4, 0.5) is 5.69 Å². The lowest BCUT2D eigenvalue weighted by atomic mass is 10.0. The maximum Gasteiger partial charge on any atom is 0.264 e. The molecule has 7 nitrogen and oxygen atoms in total. The number of carbonyl (C=O) groups is 2. The Hall–Kier alpha value is -4.14. The number of sulfonamides is 1. The number of hydrogen-bond donors (Lipinski definition) is 1. The number of halogens is 1. The van der Waals surface area contributed by atoms with Crippen molar-refractivity contribution in [3.8, 4) is 0 Å². The number of nitrogens with zero attached hydrogens (tertiary/aromatic N) is 2. The van der Waals surface area contributed by atoms with E-state index in [1.807, 2.05) is 75.4 Å². The number of aryl methyl sites for hydroxylation is 2. The molecule has 1 atom stereocenters. The molecule has 0 aromatic heterocycles. The van der Waals surface area contributed by atoms with E-state index >= 15 is 0 Å². The van der Waals surface area contributed by atoms with E-state index in [2.05, 4.69) is 5.32 Å². The number of amides is 2. The van der Waals surface area contributed by atoms with Crippen molar-refractivity contribution in [1.82, 2.24) is 10.2 Å². The highest BCUT2D eigenvalue weighted by atomic mass is 35.5. The van der Waals surface area contributed by atoms with Gasteiger partial charge in [-0.15, -0.1) is 0 Å². The summed E-state index contributed by atoms with van der Waals surface area (Å²) in [5.41, 5.74) is 3.92. The van der Waals surface area contributed by atoms with E-state index in [0.717, 1.165) is 33.0 Å². The fourth-order valence-corrected chi connectivity index (χ4v) is 6.44. The third kappa shape index (κ3) is 8.49. The number of rotatable bonds is 13. The Labute approximate surface area is 265 Å². The minimum absolute atomic E-state index is 0.0533. The van der Waals surface area contributed by atoms with Crippen molar-refractivity contribution >= 4 is 39.1 Å². The van der Waals surface area contributed by atoms with Crippen molar-refractivity contribution in [3.63, 3.8) is 0 Å². The van der Waals surface area contributed by atoms with Crippen molar-refractivity contribution in [2.75, 3.05) is 17.4 Å². The van der Waals surface area contributed by atoms with Gasteiger partial charge in [-0.25, -0.2) is 8.42 Å². The van der Waals surface area contributed by atoms with Crippen LogP contribution in [-0.4, -0.2) is 44.3 Å². The summed E-state index contributed by atoms with van der Waals surface area (Å²) in [6, 6.07) is 29.1. The lowest BCUT2D eigenvalue weighted by Gasteiger charge is -2.34. The van der Waals surface area contributed by atoms with Gasteiger partial charge in [0.05, 0.1) is 10.6 Å². The van der Waals surface area contributed by atoms with Crippen molar-refractivity contribution in [3.05, 3.63) is 130 Å². The first-order valence-corrected chi connectivity index (χ1v) is 16.4. The van der Waals surface area contributed by atoms with Gasteiger partial charge in [0, 0.05) is 24.5 Å². The van der Waals surface area contributed by atoms with Gasteiger partial charge in [-0.3, -0.25) is 13.9 Å². The third-order valence-corrected chi connectivity index (χ3v) is 9.30. The van der Waals surface area contributed by atoms with E-state index < -0.39 is 28.5 Å². The van der Waals surface area contributed by atoms with E-state index in [1.165, 1.54) is 17.0 Å². The van der Waals surface area contributed by atoms with E-state index in [4.69, 9.17) is 11.6 Å². The number of nitrogens with one attached hydrogen (secondary N) is 1. The fourth-order valence-electron chi connectivity index (χ4n) is 4.90. The number of carbonyl (C=O) groups excluding carboxylic acids is 2. The number of benzene rings is 4. The molecule has 0 heterocycles. The molecular formula is C35H38ClN3O4S. The van der Waals surface area contributed by atoms with E-state index in [1.54, 1.807) is 36.4 Å². The highest BCUT2D eigenvalue weighted by Crippen LogP contribution is 2.27. The Morgan fingerprint density at radius 3 is 2.11 bits per heavy atom. The molecule has 4 aromatic carbocycles. The van der Waals surface area contributed by atoms with E-state index in [0.29, 0.717) is 11.6 Å². The molecule has 4 rings (SSSR count). The van der Waals surface area contributed by atoms with Gasteiger partial charge in [-0.1, -0.05) is 96.4 Å². The predicted octanol–water partition coefficient (Wildman–Crippen LogP) is 6.32. The van der Waals surface area contributed by atoms with Crippen LogP contribution in [0.2, 0.25) is 5.02 Å². The largest absolute Gasteiger partial charge is 0.354 e. The molecule has 2 amide bonds. The minimum Gasteiger partial charge on any atom is -0.354 e. The first kappa shape index (κ1) is 32.8. The molecule has 0 aliphatic heterocycles. The minimum atomic E-state index is -4.17. The second kappa shape index (κ2) is 15.0. The molecule has 1 unspecified atom stereocenters. The van der Waals surface area contributed by atoms with Crippen LogP contribution in [0.5, 0.6) is 0 Å². The highest BCUT2D eigenvalue weighted by Gasteiger charge is 2.34. The summed E-state index contributed by atoms with van der Waals surface area (Å²) in [5, 5.41) is 3.39. The van der Waals surface area contributed by atoms with Gasteiger partial charge < -0.3 is 10.2 Å². The van der Waals surface area contributed by atoms with Crippen LogP contribution in [-0.2, 0) is 32.6 Å². The summed E-state index contributed by atoms with van der Waals surface area (Å²) in [7, 11) is -4.17. The maximum atomic E-state index is 14.4. The van der Waals surface area contributed by atoms with Crippen molar-refractivity contribution in [2.24, 2.45) is 0 Å². The molecule has 0 bridgehead atoms. The topological polar surface area (TPSA) is 86.8 Å². The zero-order chi connectivity index (χ0) is 31.7. The van der Waals surface area contributed by atoms with Crippen LogP contribution in [0, 0.1) is 13.8 Å². The Morgan fingerprint density at radius 2 is 1.48 bits per heavy atom. The lowest BCUT2D eigenvalue weighted by molar-refractivity contribution is -0.140. The van der Waals surface area contributed by atoms with Crippen molar-refractivity contribution in [1.29, 1.82) is 0 Å². The SMILES string of the molecule is CCCNC(=O)C(Cc1ccccc1)N(Cc1cccc(C)c1)C(=O)CN(c1ccc(Cl)cc1)S(=O)(=O)c1ccc(C)cc1. The average Bonchev–Trinajstić information content (AvgIpc) is 3.01. The third-order valence-electron chi connectivity index (χ3n) is 7.26. The van der Waals surface area contributed by atoms with Gasteiger partial charge in [-0.05, 0) is 67.8 Å². The van der Waals surface area contributed by atoms with Crippen LogP contribution in [0.15, 0.2) is 108 Å². The summed E-state index contributed by atoms with van der Waals surface area (Å²) < 4.78 is 29.2. The molecule has 0 saturated heterocycles. The summed E-state index contributed by atoms with van der Waals surface area (Å²) in [5.74, 6) is -0.805. The molecule has 0 fully saturated rings. The molecule has 0 saturated carbocycles. The number of hydrogen-bond acceptors (Lipinski definition) is 4. The monoisotopic (exact) mass is 631 g/mol. The summed E-state index contributed by atoms with van der Waals surface area (Å²) in [6.07, 6.45) is 0.994. The van der Waals surface area contributed by atoms with Gasteiger partial charge in [-0.2, -0.15) is 0 Å². The van der Waals surface area contributed by atoms with Gasteiger partial charge in [0.1, 0.15) is 12.6 Å². The van der Waals surface area contributed by atoms with E-state index in [9.17, 15) is 18.0 Å². The van der Waals surface area contributed by atoms with Gasteiger partial charge in [0.15, 0.2) is 0 Å². The molecular weight excluding hydrogens is 594 g/mol. The van der Waals surface area contributed by atoms with Gasteiger partial charge >= 0.3 is 0 Å². The second-order valence-electron chi connectivity index (χ2n) is 10.8. The second-order valence-corrected chi connectivity index (χ2v) is 13.1. The molecule has 1 N–H and O–H groups in total. The smallest absolute Gasteiger partial charge is 0.264 e. The first-order valence-electron chi connectivity index (χ1n) is 14.6. The Morgan fingerprint density at radius 1 is 0.818 bits per heavy atom. The molecule has 0 aliphatic carbocycles. The Balaban J connectivity index is 1.79. The maximum absolute atomic E-state index is 14.4. The summed E-state index contributed by atoms with van der Waals surface area (Å²) in [4.78, 5) is 29.7. The van der Waals surface area contributed by atoms with Crippen LogP contribution < -0.4 is 9.62 Å². The van der Waals surface area contributed by atoms with Gasteiger partial charge in [0.2, 0.25) is 11.8 Å². The summed E-state index contributed by atoms with van der Waals surface area (Å²) in [6.45, 7) is 5.85. The number of anilines is 1. The normalized spacial score (nSPS) is 11.9. The predicted molar refractivity (Wildman–Crippen MR) is 176 cm³/mol. The molecule has 0 spiro atoms. The molecule has 4 aromatic rings. The highest BCUT2D eigenvalue weighted by molar-refractivity contribution is 7.92. The zero-order valence-electron chi connectivity index (χ0n) is 25.2. The Kier molecular flexibility index (Phi) is 11.2. The van der Waals surface area contributed by atoms with Crippen LogP contribution >= 0.6 is 11.6 Å². The quantitative estimate of drug-likeness (QED) is 0.187. The van der Waals surface area contributed by atoms with Crippen LogP contribution in [0.3, 0.4) is 0 Å². The van der Waals surface area contributed by atoms with Crippen LogP contribution in [0.1, 0.15) is 35.6 Å².